The molecular weight excluding hydrogens is 284 g/mol. The lowest BCUT2D eigenvalue weighted by Crippen LogP contribution is -2.48. The molecule has 0 saturated carbocycles. The molecule has 1 fully saturated rings. The number of hydrogen-bond donors (Lipinski definition) is 2. The first kappa shape index (κ1) is 14.9. The molecule has 1 aliphatic heterocycles. The third-order valence-electron chi connectivity index (χ3n) is 3.16. The van der Waals surface area contributed by atoms with Crippen molar-refractivity contribution in [1.29, 1.82) is 0 Å². The fourth-order valence-electron chi connectivity index (χ4n) is 2.11. The smallest absolute Gasteiger partial charge is 0.324 e. The first-order valence-corrected chi connectivity index (χ1v) is 7.79. The highest BCUT2D eigenvalue weighted by atomic mass is 32.2. The Labute approximate surface area is 117 Å². The van der Waals surface area contributed by atoms with Gasteiger partial charge in [0, 0.05) is 31.4 Å². The Morgan fingerprint density at radius 3 is 2.80 bits per heavy atom. The molecule has 8 nitrogen and oxygen atoms in total. The Hall–Kier alpha value is -1.45. The SMILES string of the molecule is COC(=O)[C@H](Cc1cnc[nH]1)NS(=O)(=O)N1CCCC1. The fourth-order valence-corrected chi connectivity index (χ4v) is 3.54. The van der Waals surface area contributed by atoms with Gasteiger partial charge in [-0.05, 0) is 12.8 Å². The van der Waals surface area contributed by atoms with Crippen molar-refractivity contribution in [3.63, 3.8) is 0 Å². The molecule has 0 unspecified atom stereocenters. The normalized spacial score (nSPS) is 18.1. The Morgan fingerprint density at radius 1 is 1.55 bits per heavy atom. The van der Waals surface area contributed by atoms with Crippen LogP contribution in [-0.2, 0) is 26.2 Å². The number of carbonyl (C=O) groups excluding carboxylic acids is 1. The molecule has 1 aromatic heterocycles. The van der Waals surface area contributed by atoms with Crippen molar-refractivity contribution in [2.75, 3.05) is 20.2 Å². The largest absolute Gasteiger partial charge is 0.468 e. The second kappa shape index (κ2) is 6.33. The van der Waals surface area contributed by atoms with Crippen LogP contribution in [0.25, 0.3) is 0 Å². The van der Waals surface area contributed by atoms with Gasteiger partial charge in [-0.25, -0.2) is 4.98 Å². The summed E-state index contributed by atoms with van der Waals surface area (Å²) in [5.74, 6) is -0.623. The number of esters is 1. The highest BCUT2D eigenvalue weighted by molar-refractivity contribution is 7.87. The average Bonchev–Trinajstić information content (AvgIpc) is 3.09. The minimum Gasteiger partial charge on any atom is -0.468 e. The Balaban J connectivity index is 2.09. The van der Waals surface area contributed by atoms with Crippen LogP contribution in [0, 0.1) is 0 Å². The third kappa shape index (κ3) is 3.56. The topological polar surface area (TPSA) is 104 Å². The van der Waals surface area contributed by atoms with Gasteiger partial charge in [0.15, 0.2) is 0 Å². The Kier molecular flexibility index (Phi) is 4.73. The number of hydrogen-bond acceptors (Lipinski definition) is 5. The maximum absolute atomic E-state index is 12.2. The van der Waals surface area contributed by atoms with E-state index in [0.29, 0.717) is 18.8 Å². The van der Waals surface area contributed by atoms with E-state index in [0.717, 1.165) is 12.8 Å². The van der Waals surface area contributed by atoms with Gasteiger partial charge in [-0.15, -0.1) is 0 Å². The molecule has 0 amide bonds. The zero-order valence-electron chi connectivity index (χ0n) is 11.2. The zero-order chi connectivity index (χ0) is 14.6. The number of aromatic amines is 1. The summed E-state index contributed by atoms with van der Waals surface area (Å²) in [6.45, 7) is 0.959. The van der Waals surface area contributed by atoms with Gasteiger partial charge in [0.1, 0.15) is 6.04 Å². The minimum atomic E-state index is -3.67. The van der Waals surface area contributed by atoms with Crippen LogP contribution in [-0.4, -0.2) is 54.9 Å². The van der Waals surface area contributed by atoms with Crippen LogP contribution in [0.3, 0.4) is 0 Å². The zero-order valence-corrected chi connectivity index (χ0v) is 12.0. The van der Waals surface area contributed by atoms with Crippen molar-refractivity contribution >= 4 is 16.2 Å². The maximum atomic E-state index is 12.2. The predicted octanol–water partition coefficient (Wildman–Crippen LogP) is -0.576. The number of methoxy groups -OCH3 is 1. The first-order chi connectivity index (χ1) is 9.53. The third-order valence-corrected chi connectivity index (χ3v) is 4.79. The molecule has 0 aromatic carbocycles. The summed E-state index contributed by atoms with van der Waals surface area (Å²) >= 11 is 0. The minimum absolute atomic E-state index is 0.166. The number of carbonyl (C=O) groups is 1. The van der Waals surface area contributed by atoms with E-state index >= 15 is 0 Å². The molecule has 1 aliphatic rings. The van der Waals surface area contributed by atoms with Crippen LogP contribution in [0.5, 0.6) is 0 Å². The lowest BCUT2D eigenvalue weighted by molar-refractivity contribution is -0.142. The number of ether oxygens (including phenoxy) is 1. The quantitative estimate of drug-likeness (QED) is 0.684. The van der Waals surface area contributed by atoms with Gasteiger partial charge in [0.25, 0.3) is 10.2 Å². The molecule has 112 valence electrons. The lowest BCUT2D eigenvalue weighted by atomic mass is 10.2. The van der Waals surface area contributed by atoms with Crippen LogP contribution in [0.1, 0.15) is 18.5 Å². The number of imidazole rings is 1. The van der Waals surface area contributed by atoms with Gasteiger partial charge in [0.05, 0.1) is 13.4 Å². The fraction of sp³-hybridized carbons (Fsp3) is 0.636. The molecular formula is C11H18N4O4S. The second-order valence-electron chi connectivity index (χ2n) is 4.59. The van der Waals surface area contributed by atoms with Crippen LogP contribution in [0.15, 0.2) is 12.5 Å². The monoisotopic (exact) mass is 302 g/mol. The van der Waals surface area contributed by atoms with E-state index < -0.39 is 22.2 Å². The number of rotatable bonds is 6. The molecule has 1 saturated heterocycles. The second-order valence-corrected chi connectivity index (χ2v) is 6.29. The van der Waals surface area contributed by atoms with Crippen molar-refractivity contribution < 1.29 is 17.9 Å². The van der Waals surface area contributed by atoms with Gasteiger partial charge in [-0.3, -0.25) is 4.79 Å². The number of nitrogens with zero attached hydrogens (tertiary/aromatic N) is 2. The molecule has 2 heterocycles. The maximum Gasteiger partial charge on any atom is 0.324 e. The van der Waals surface area contributed by atoms with Crippen LogP contribution < -0.4 is 4.72 Å². The molecule has 1 atom stereocenters. The molecule has 2 rings (SSSR count). The summed E-state index contributed by atoms with van der Waals surface area (Å²) in [5, 5.41) is 0. The average molecular weight is 302 g/mol. The molecule has 0 radical (unpaired) electrons. The number of nitrogens with one attached hydrogen (secondary N) is 2. The molecule has 1 aromatic rings. The van der Waals surface area contributed by atoms with Crippen molar-refractivity contribution in [3.8, 4) is 0 Å². The Morgan fingerprint density at radius 2 is 2.25 bits per heavy atom. The summed E-state index contributed by atoms with van der Waals surface area (Å²) in [7, 11) is -2.44. The van der Waals surface area contributed by atoms with Gasteiger partial charge in [-0.2, -0.15) is 17.4 Å². The molecule has 0 aliphatic carbocycles. The van der Waals surface area contributed by atoms with Gasteiger partial charge >= 0.3 is 5.97 Å². The van der Waals surface area contributed by atoms with E-state index in [2.05, 4.69) is 19.4 Å². The number of H-pyrrole nitrogens is 1. The summed E-state index contributed by atoms with van der Waals surface area (Å²) in [6, 6.07) is -0.967. The summed E-state index contributed by atoms with van der Waals surface area (Å²) in [5.41, 5.74) is 0.657. The Bertz CT molecular complexity index is 537. The van der Waals surface area contributed by atoms with E-state index in [-0.39, 0.29) is 6.42 Å². The first-order valence-electron chi connectivity index (χ1n) is 6.35. The van der Waals surface area contributed by atoms with E-state index in [1.807, 2.05) is 0 Å². The van der Waals surface area contributed by atoms with Crippen molar-refractivity contribution in [2.24, 2.45) is 0 Å². The molecule has 0 bridgehead atoms. The highest BCUT2D eigenvalue weighted by Gasteiger charge is 2.31. The van der Waals surface area contributed by atoms with Gasteiger partial charge < -0.3 is 9.72 Å². The van der Waals surface area contributed by atoms with Crippen LogP contribution in [0.4, 0.5) is 0 Å². The number of aromatic nitrogens is 2. The lowest BCUT2D eigenvalue weighted by Gasteiger charge is -2.21. The summed E-state index contributed by atoms with van der Waals surface area (Å²) in [4.78, 5) is 18.4. The van der Waals surface area contributed by atoms with E-state index in [9.17, 15) is 13.2 Å². The van der Waals surface area contributed by atoms with Gasteiger partial charge in [-0.1, -0.05) is 0 Å². The van der Waals surface area contributed by atoms with E-state index in [1.165, 1.54) is 17.7 Å². The highest BCUT2D eigenvalue weighted by Crippen LogP contribution is 2.12. The van der Waals surface area contributed by atoms with Crippen molar-refractivity contribution in [3.05, 3.63) is 18.2 Å². The predicted molar refractivity (Wildman–Crippen MR) is 71.0 cm³/mol. The van der Waals surface area contributed by atoms with Crippen LogP contribution >= 0.6 is 0 Å². The van der Waals surface area contributed by atoms with Gasteiger partial charge in [0.2, 0.25) is 0 Å². The molecule has 9 heteroatoms. The van der Waals surface area contributed by atoms with Crippen molar-refractivity contribution in [2.45, 2.75) is 25.3 Å². The van der Waals surface area contributed by atoms with Crippen molar-refractivity contribution in [1.82, 2.24) is 19.0 Å². The van der Waals surface area contributed by atoms with E-state index in [1.54, 1.807) is 6.20 Å². The molecule has 20 heavy (non-hydrogen) atoms. The molecule has 0 spiro atoms. The van der Waals surface area contributed by atoms with Crippen LogP contribution in [0.2, 0.25) is 0 Å². The summed E-state index contributed by atoms with van der Waals surface area (Å²) in [6.07, 6.45) is 4.85. The summed E-state index contributed by atoms with van der Waals surface area (Å²) < 4.78 is 32.7. The standard InChI is InChI=1S/C11H18N4O4S/c1-19-11(16)10(6-9-7-12-8-13-9)14-20(17,18)15-4-2-3-5-15/h7-8,10,14H,2-6H2,1H3,(H,12,13)/t10-/m0/s1. The molecule has 2 N–H and O–H groups in total. The van der Waals surface area contributed by atoms with E-state index in [4.69, 9.17) is 0 Å².